The van der Waals surface area contributed by atoms with Crippen LogP contribution in [0, 0.1) is 0 Å². The van der Waals surface area contributed by atoms with Crippen LogP contribution < -0.4 is 5.56 Å². The lowest BCUT2D eigenvalue weighted by Gasteiger charge is -2.32. The van der Waals surface area contributed by atoms with Crippen molar-refractivity contribution in [2.45, 2.75) is 51.0 Å². The van der Waals surface area contributed by atoms with E-state index in [4.69, 9.17) is 0 Å². The monoisotopic (exact) mass is 408 g/mol. The summed E-state index contributed by atoms with van der Waals surface area (Å²) in [7, 11) is 0. The number of pyridine rings is 1. The van der Waals surface area contributed by atoms with Crippen molar-refractivity contribution in [1.29, 1.82) is 0 Å². The van der Waals surface area contributed by atoms with E-state index >= 15 is 0 Å². The van der Waals surface area contributed by atoms with Crippen LogP contribution in [0.4, 0.5) is 0 Å². The number of aromatic amines is 1. The van der Waals surface area contributed by atoms with Crippen LogP contribution in [0.2, 0.25) is 0 Å². The summed E-state index contributed by atoms with van der Waals surface area (Å²) in [5.41, 5.74) is 6.30. The number of fused-ring (bicyclic) bond motifs is 3. The van der Waals surface area contributed by atoms with Crippen molar-refractivity contribution in [2.24, 2.45) is 0 Å². The topological polar surface area (TPSA) is 36.1 Å². The van der Waals surface area contributed by atoms with E-state index < -0.39 is 0 Å². The van der Waals surface area contributed by atoms with E-state index in [1.54, 1.807) is 0 Å². The average Bonchev–Trinajstić information content (AvgIpc) is 2.76. The Bertz CT molecular complexity index is 1040. The number of benzene rings is 2. The second-order valence-corrected chi connectivity index (χ2v) is 8.46. The molecule has 0 spiro atoms. The zero-order valence-electron chi connectivity index (χ0n) is 16.8. The molecule has 0 radical (unpaired) electrons. The maximum Gasteiger partial charge on any atom is 0.251 e. The predicted molar refractivity (Wildman–Crippen MR) is 122 cm³/mol. The summed E-state index contributed by atoms with van der Waals surface area (Å²) >= 11 is 0. The molecular formula is C25H29ClN2O. The number of nitrogens with zero attached hydrogens (tertiary/aromatic N) is 1. The molecule has 3 nitrogen and oxygen atoms in total. The second-order valence-electron chi connectivity index (χ2n) is 8.46. The van der Waals surface area contributed by atoms with E-state index in [2.05, 4.69) is 58.4 Å². The normalized spacial score (nSPS) is 17.7. The van der Waals surface area contributed by atoms with Gasteiger partial charge in [0.1, 0.15) is 0 Å². The molecule has 2 aromatic carbocycles. The Kier molecular flexibility index (Phi) is 6.07. The lowest BCUT2D eigenvalue weighted by atomic mass is 9.88. The number of likely N-dealkylation sites (tertiary alicyclic amines) is 1. The van der Waals surface area contributed by atoms with Gasteiger partial charge in [0.15, 0.2) is 0 Å². The molecule has 0 saturated carbocycles. The van der Waals surface area contributed by atoms with Crippen molar-refractivity contribution in [2.75, 3.05) is 13.1 Å². The lowest BCUT2D eigenvalue weighted by Crippen LogP contribution is -2.32. The zero-order valence-corrected chi connectivity index (χ0v) is 17.6. The number of hydrogen-bond donors (Lipinski definition) is 1. The Balaban J connectivity index is 0.00000205. The van der Waals surface area contributed by atoms with Gasteiger partial charge in [0.05, 0.1) is 0 Å². The summed E-state index contributed by atoms with van der Waals surface area (Å²) in [4.78, 5) is 18.0. The fourth-order valence-electron chi connectivity index (χ4n) is 5.11. The Morgan fingerprint density at radius 3 is 2.41 bits per heavy atom. The highest BCUT2D eigenvalue weighted by atomic mass is 35.5. The Morgan fingerprint density at radius 1 is 0.931 bits per heavy atom. The number of aryl methyl sites for hydroxylation is 1. The van der Waals surface area contributed by atoms with Crippen LogP contribution >= 0.6 is 12.4 Å². The van der Waals surface area contributed by atoms with Crippen LogP contribution in [0.25, 0.3) is 10.9 Å². The Labute approximate surface area is 178 Å². The molecule has 3 aromatic rings. The van der Waals surface area contributed by atoms with Gasteiger partial charge < -0.3 is 4.98 Å². The fourth-order valence-corrected chi connectivity index (χ4v) is 5.11. The number of H-pyrrole nitrogens is 1. The predicted octanol–water partition coefficient (Wildman–Crippen LogP) is 5.21. The molecule has 0 amide bonds. The number of nitrogens with one attached hydrogen (secondary N) is 1. The van der Waals surface area contributed by atoms with Crippen molar-refractivity contribution in [3.63, 3.8) is 0 Å². The molecule has 5 rings (SSSR count). The van der Waals surface area contributed by atoms with Crippen molar-refractivity contribution in [3.8, 4) is 0 Å². The van der Waals surface area contributed by atoms with Crippen LogP contribution in [0.15, 0.2) is 53.3 Å². The highest BCUT2D eigenvalue weighted by Crippen LogP contribution is 2.30. The molecular weight excluding hydrogens is 380 g/mol. The summed E-state index contributed by atoms with van der Waals surface area (Å²) < 4.78 is 0. The van der Waals surface area contributed by atoms with Gasteiger partial charge in [0, 0.05) is 23.0 Å². The van der Waals surface area contributed by atoms with Gasteiger partial charge >= 0.3 is 0 Å². The summed E-state index contributed by atoms with van der Waals surface area (Å²) in [5.74, 6) is 0.700. The van der Waals surface area contributed by atoms with Crippen LogP contribution in [0.3, 0.4) is 0 Å². The minimum Gasteiger partial charge on any atom is -0.322 e. The van der Waals surface area contributed by atoms with E-state index in [-0.39, 0.29) is 18.0 Å². The molecule has 1 fully saturated rings. The summed E-state index contributed by atoms with van der Waals surface area (Å²) in [5, 5.41) is 1.27. The molecule has 1 N–H and O–H groups in total. The first kappa shape index (κ1) is 20.2. The third-order valence-electron chi connectivity index (χ3n) is 6.66. The quantitative estimate of drug-likeness (QED) is 0.645. The van der Waals surface area contributed by atoms with E-state index in [0.29, 0.717) is 5.92 Å². The SMILES string of the molecule is Cl.O=c1[nH]c2ccc(CN3CCC(c4ccccc4)CC3)cc2c2c1CCCC2. The average molecular weight is 409 g/mol. The highest BCUT2D eigenvalue weighted by Gasteiger charge is 2.21. The molecule has 4 heteroatoms. The highest BCUT2D eigenvalue weighted by molar-refractivity contribution is 5.85. The molecule has 0 bridgehead atoms. The van der Waals surface area contributed by atoms with Gasteiger partial charge in [-0.1, -0.05) is 36.4 Å². The van der Waals surface area contributed by atoms with E-state index in [1.807, 2.05) is 0 Å². The third kappa shape index (κ3) is 4.12. The largest absolute Gasteiger partial charge is 0.322 e. The molecule has 2 heterocycles. The molecule has 2 aliphatic rings. The maximum atomic E-state index is 12.4. The molecule has 1 aliphatic carbocycles. The Morgan fingerprint density at radius 2 is 1.66 bits per heavy atom. The standard InChI is InChI=1S/C25H28N2O.ClH/c28-25-22-9-5-4-8-21(22)23-16-18(10-11-24(23)26-25)17-27-14-12-20(13-15-27)19-6-2-1-3-7-19;/h1-3,6-7,10-11,16,20H,4-5,8-9,12-15,17H2,(H,26,28);1H. The summed E-state index contributed by atoms with van der Waals surface area (Å²) in [6.45, 7) is 3.31. The molecule has 0 unspecified atom stereocenters. The first-order valence-corrected chi connectivity index (χ1v) is 10.7. The van der Waals surface area contributed by atoms with Gasteiger partial charge in [0.2, 0.25) is 0 Å². The van der Waals surface area contributed by atoms with Crippen molar-refractivity contribution >= 4 is 23.3 Å². The van der Waals surface area contributed by atoms with Crippen molar-refractivity contribution in [1.82, 2.24) is 9.88 Å². The van der Waals surface area contributed by atoms with E-state index in [0.717, 1.165) is 50.0 Å². The molecule has 0 atom stereocenters. The van der Waals surface area contributed by atoms with Gasteiger partial charge in [-0.05, 0) is 86.4 Å². The van der Waals surface area contributed by atoms with E-state index in [9.17, 15) is 4.79 Å². The van der Waals surface area contributed by atoms with Crippen LogP contribution in [-0.2, 0) is 19.4 Å². The number of piperidine rings is 1. The van der Waals surface area contributed by atoms with Crippen LogP contribution in [-0.4, -0.2) is 23.0 Å². The number of hydrogen-bond acceptors (Lipinski definition) is 2. The first-order valence-electron chi connectivity index (χ1n) is 10.7. The molecule has 1 saturated heterocycles. The zero-order chi connectivity index (χ0) is 18.9. The summed E-state index contributed by atoms with van der Waals surface area (Å²) in [6, 6.07) is 17.6. The smallest absolute Gasteiger partial charge is 0.251 e. The van der Waals surface area contributed by atoms with Gasteiger partial charge in [-0.3, -0.25) is 9.69 Å². The third-order valence-corrected chi connectivity index (χ3v) is 6.66. The first-order chi connectivity index (χ1) is 13.8. The van der Waals surface area contributed by atoms with Crippen molar-refractivity contribution in [3.05, 3.63) is 81.1 Å². The molecule has 152 valence electrons. The number of rotatable bonds is 3. The minimum absolute atomic E-state index is 0. The van der Waals surface area contributed by atoms with E-state index in [1.165, 1.54) is 41.3 Å². The maximum absolute atomic E-state index is 12.4. The van der Waals surface area contributed by atoms with Gasteiger partial charge in [-0.15, -0.1) is 12.4 Å². The lowest BCUT2D eigenvalue weighted by molar-refractivity contribution is 0.205. The van der Waals surface area contributed by atoms with Gasteiger partial charge in [0.25, 0.3) is 5.56 Å². The van der Waals surface area contributed by atoms with Gasteiger partial charge in [-0.2, -0.15) is 0 Å². The second kappa shape index (κ2) is 8.73. The van der Waals surface area contributed by atoms with Gasteiger partial charge in [-0.25, -0.2) is 0 Å². The minimum atomic E-state index is 0. The van der Waals surface area contributed by atoms with Crippen molar-refractivity contribution < 1.29 is 0 Å². The molecule has 1 aliphatic heterocycles. The number of halogens is 1. The number of aromatic nitrogens is 1. The summed E-state index contributed by atoms with van der Waals surface area (Å²) in [6.07, 6.45) is 6.78. The Hall–Kier alpha value is -2.10. The van der Waals surface area contributed by atoms with Crippen LogP contribution in [0.1, 0.15) is 53.9 Å². The molecule has 1 aromatic heterocycles. The fraction of sp³-hybridized carbons (Fsp3) is 0.400. The molecule has 29 heavy (non-hydrogen) atoms. The van der Waals surface area contributed by atoms with Crippen LogP contribution in [0.5, 0.6) is 0 Å².